The van der Waals surface area contributed by atoms with Crippen molar-refractivity contribution in [1.82, 2.24) is 0 Å². The molecule has 2 aliphatic rings. The number of Topliss-reactive ketones (excluding diaryl/α,β-unsaturated/α-hetero) is 1. The Bertz CT molecular complexity index is 450. The lowest BCUT2D eigenvalue weighted by molar-refractivity contribution is -0.124. The van der Waals surface area contributed by atoms with Crippen LogP contribution in [0.1, 0.15) is 105 Å². The molecule has 0 aliphatic heterocycles. The average molecular weight is 331 g/mol. The molecule has 0 aromatic rings. The molecule has 0 saturated carbocycles. The first-order valence-electron chi connectivity index (χ1n) is 10.5. The van der Waals surface area contributed by atoms with Crippen LogP contribution in [-0.2, 0) is 4.79 Å². The smallest absolute Gasteiger partial charge is 0.147 e. The van der Waals surface area contributed by atoms with Crippen molar-refractivity contribution in [2.75, 3.05) is 0 Å². The van der Waals surface area contributed by atoms with Crippen LogP contribution in [0, 0.1) is 11.8 Å². The molecule has 0 heterocycles. The van der Waals surface area contributed by atoms with Crippen LogP contribution in [0.2, 0.25) is 0 Å². The highest BCUT2D eigenvalue weighted by Gasteiger charge is 2.37. The summed E-state index contributed by atoms with van der Waals surface area (Å²) in [6.07, 6.45) is 14.4. The molecule has 0 aromatic carbocycles. The zero-order valence-electron chi connectivity index (χ0n) is 16.5. The molecular weight excluding hydrogens is 292 g/mol. The van der Waals surface area contributed by atoms with Gasteiger partial charge < -0.3 is 0 Å². The standard InChI is InChI=1S/C23H38O/c1-5-7-9-11-19-17(3)13-15-21(19)23(24)22-16-14-18(4)20(22)12-10-8-6-2/h21-22H,5-16H2,1-4H3. The fraction of sp³-hybridized carbons (Fsp3) is 0.783. The van der Waals surface area contributed by atoms with Gasteiger partial charge in [-0.2, -0.15) is 0 Å². The third-order valence-electron chi connectivity index (χ3n) is 6.34. The number of carbonyl (C=O) groups is 1. The average Bonchev–Trinajstić information content (AvgIpc) is 3.11. The summed E-state index contributed by atoms with van der Waals surface area (Å²) in [5.41, 5.74) is 6.09. The van der Waals surface area contributed by atoms with E-state index in [2.05, 4.69) is 27.7 Å². The van der Waals surface area contributed by atoms with Crippen molar-refractivity contribution >= 4 is 5.78 Å². The van der Waals surface area contributed by atoms with E-state index in [9.17, 15) is 4.79 Å². The summed E-state index contributed by atoms with van der Waals surface area (Å²) >= 11 is 0. The van der Waals surface area contributed by atoms with Gasteiger partial charge in [0.25, 0.3) is 0 Å². The molecule has 0 radical (unpaired) electrons. The quantitative estimate of drug-likeness (QED) is 0.306. The van der Waals surface area contributed by atoms with E-state index in [1.54, 1.807) is 0 Å². The Morgan fingerprint density at radius 1 is 0.792 bits per heavy atom. The molecule has 2 aliphatic carbocycles. The van der Waals surface area contributed by atoms with Crippen molar-refractivity contribution < 1.29 is 4.79 Å². The lowest BCUT2D eigenvalue weighted by Crippen LogP contribution is -2.24. The van der Waals surface area contributed by atoms with Gasteiger partial charge in [0.15, 0.2) is 0 Å². The van der Waals surface area contributed by atoms with Gasteiger partial charge in [0.05, 0.1) is 0 Å². The van der Waals surface area contributed by atoms with Gasteiger partial charge in [0, 0.05) is 11.8 Å². The number of rotatable bonds is 10. The highest BCUT2D eigenvalue weighted by atomic mass is 16.1. The van der Waals surface area contributed by atoms with Crippen molar-refractivity contribution in [2.24, 2.45) is 11.8 Å². The maximum absolute atomic E-state index is 13.4. The van der Waals surface area contributed by atoms with Gasteiger partial charge in [-0.15, -0.1) is 0 Å². The lowest BCUT2D eigenvalue weighted by Gasteiger charge is -2.21. The second-order valence-corrected chi connectivity index (χ2v) is 8.11. The Kier molecular flexibility index (Phi) is 7.78. The van der Waals surface area contributed by atoms with E-state index in [1.807, 2.05) is 0 Å². The van der Waals surface area contributed by atoms with Crippen molar-refractivity contribution in [3.63, 3.8) is 0 Å². The molecule has 0 amide bonds. The van der Waals surface area contributed by atoms with Crippen LogP contribution in [0.3, 0.4) is 0 Å². The van der Waals surface area contributed by atoms with Crippen LogP contribution in [0.15, 0.2) is 22.3 Å². The van der Waals surface area contributed by atoms with E-state index < -0.39 is 0 Å². The third-order valence-corrected chi connectivity index (χ3v) is 6.34. The Balaban J connectivity index is 2.04. The summed E-state index contributed by atoms with van der Waals surface area (Å²) in [5.74, 6) is 1.07. The second-order valence-electron chi connectivity index (χ2n) is 8.11. The Labute approximate surface area is 150 Å². The lowest BCUT2D eigenvalue weighted by atomic mass is 9.81. The minimum Gasteiger partial charge on any atom is -0.298 e. The highest BCUT2D eigenvalue weighted by Crippen LogP contribution is 2.43. The van der Waals surface area contributed by atoms with Gasteiger partial charge in [0.1, 0.15) is 5.78 Å². The topological polar surface area (TPSA) is 17.1 Å². The van der Waals surface area contributed by atoms with Crippen LogP contribution >= 0.6 is 0 Å². The molecule has 2 atom stereocenters. The van der Waals surface area contributed by atoms with Gasteiger partial charge in [-0.1, -0.05) is 61.8 Å². The van der Waals surface area contributed by atoms with E-state index >= 15 is 0 Å². The minimum absolute atomic E-state index is 0.249. The van der Waals surface area contributed by atoms with Crippen molar-refractivity contribution in [3.8, 4) is 0 Å². The zero-order valence-corrected chi connectivity index (χ0v) is 16.5. The third kappa shape index (κ3) is 4.61. The molecule has 0 aromatic heterocycles. The molecule has 0 spiro atoms. The molecule has 24 heavy (non-hydrogen) atoms. The molecule has 0 saturated heterocycles. The fourth-order valence-electron chi connectivity index (χ4n) is 4.76. The molecule has 0 bridgehead atoms. The Morgan fingerprint density at radius 2 is 1.21 bits per heavy atom. The Hall–Kier alpha value is -0.850. The number of allylic oxidation sites excluding steroid dienone is 4. The van der Waals surface area contributed by atoms with Crippen LogP contribution in [-0.4, -0.2) is 5.78 Å². The maximum Gasteiger partial charge on any atom is 0.147 e. The van der Waals surface area contributed by atoms with Crippen LogP contribution in [0.4, 0.5) is 0 Å². The summed E-state index contributed by atoms with van der Waals surface area (Å²) < 4.78 is 0. The molecule has 2 rings (SSSR count). The first-order valence-corrected chi connectivity index (χ1v) is 10.5. The second kappa shape index (κ2) is 9.59. The van der Waals surface area contributed by atoms with E-state index in [1.165, 1.54) is 60.8 Å². The van der Waals surface area contributed by atoms with Crippen LogP contribution < -0.4 is 0 Å². The van der Waals surface area contributed by atoms with E-state index in [0.29, 0.717) is 5.78 Å². The van der Waals surface area contributed by atoms with E-state index in [4.69, 9.17) is 0 Å². The first-order chi connectivity index (χ1) is 11.6. The van der Waals surface area contributed by atoms with Gasteiger partial charge in [-0.3, -0.25) is 4.79 Å². The van der Waals surface area contributed by atoms with Crippen molar-refractivity contribution in [2.45, 2.75) is 105 Å². The number of carbonyl (C=O) groups excluding carboxylic acids is 1. The maximum atomic E-state index is 13.4. The predicted octanol–water partition coefficient (Wildman–Crippen LogP) is 7.17. The summed E-state index contributed by atoms with van der Waals surface area (Å²) in [6.45, 7) is 9.05. The van der Waals surface area contributed by atoms with Crippen LogP contribution in [0.25, 0.3) is 0 Å². The number of unbranched alkanes of at least 4 members (excludes halogenated alkanes) is 4. The molecule has 136 valence electrons. The summed E-state index contributed by atoms with van der Waals surface area (Å²) in [4.78, 5) is 13.4. The van der Waals surface area contributed by atoms with Gasteiger partial charge >= 0.3 is 0 Å². The number of hydrogen-bond acceptors (Lipinski definition) is 1. The summed E-state index contributed by atoms with van der Waals surface area (Å²) in [6, 6.07) is 0. The van der Waals surface area contributed by atoms with Crippen molar-refractivity contribution in [1.29, 1.82) is 0 Å². The van der Waals surface area contributed by atoms with Gasteiger partial charge in [0.2, 0.25) is 0 Å². The first kappa shape index (κ1) is 19.5. The molecule has 0 N–H and O–H groups in total. The number of hydrogen-bond donors (Lipinski definition) is 0. The van der Waals surface area contributed by atoms with Gasteiger partial charge in [-0.05, 0) is 65.2 Å². The molecular formula is C23H38O. The van der Waals surface area contributed by atoms with E-state index in [0.717, 1.165) is 38.5 Å². The molecule has 0 fully saturated rings. The molecule has 1 nitrogen and oxygen atoms in total. The minimum atomic E-state index is 0.249. The predicted molar refractivity (Wildman–Crippen MR) is 104 cm³/mol. The zero-order chi connectivity index (χ0) is 17.5. The summed E-state index contributed by atoms with van der Waals surface area (Å²) in [7, 11) is 0. The monoisotopic (exact) mass is 330 g/mol. The fourth-order valence-corrected chi connectivity index (χ4v) is 4.76. The number of ketones is 1. The molecule has 1 heteroatoms. The normalized spacial score (nSPS) is 24.3. The van der Waals surface area contributed by atoms with Crippen LogP contribution in [0.5, 0.6) is 0 Å². The summed E-state index contributed by atoms with van der Waals surface area (Å²) in [5, 5.41) is 0. The van der Waals surface area contributed by atoms with E-state index in [-0.39, 0.29) is 11.8 Å². The highest BCUT2D eigenvalue weighted by molar-refractivity contribution is 5.89. The molecule has 2 unspecified atom stereocenters. The SMILES string of the molecule is CCCCCC1=C(C)CCC1C(=O)C1CCC(C)=C1CCCCC. The van der Waals surface area contributed by atoms with Crippen molar-refractivity contribution in [3.05, 3.63) is 22.3 Å². The van der Waals surface area contributed by atoms with Gasteiger partial charge in [-0.25, -0.2) is 0 Å². The largest absolute Gasteiger partial charge is 0.298 e. The Morgan fingerprint density at radius 3 is 1.58 bits per heavy atom.